The van der Waals surface area contributed by atoms with Crippen LogP contribution >= 0.6 is 0 Å². The molecule has 0 spiro atoms. The van der Waals surface area contributed by atoms with Crippen molar-refractivity contribution in [2.75, 3.05) is 0 Å². The highest BCUT2D eigenvalue weighted by atomic mass is 14.9. The summed E-state index contributed by atoms with van der Waals surface area (Å²) >= 11 is 0. The molecule has 0 aliphatic heterocycles. The van der Waals surface area contributed by atoms with Crippen LogP contribution in [0.3, 0.4) is 0 Å². The Morgan fingerprint density at radius 2 is 1.71 bits per heavy atom. The molecule has 70 valence electrons. The van der Waals surface area contributed by atoms with E-state index in [0.717, 1.165) is 22.8 Å². The molecule has 0 N–H and O–H groups in total. The van der Waals surface area contributed by atoms with Crippen LogP contribution in [0.1, 0.15) is 11.4 Å². The first-order chi connectivity index (χ1) is 6.77. The molecule has 0 saturated carbocycles. The maximum absolute atomic E-state index is 4.37. The Balaban J connectivity index is 2.53. The first-order valence-corrected chi connectivity index (χ1v) is 4.49. The number of hydrogen-bond acceptors (Lipinski definition) is 3. The summed E-state index contributed by atoms with van der Waals surface area (Å²) in [5, 5.41) is 0. The maximum Gasteiger partial charge on any atom is 0.160 e. The number of aryl methyl sites for hydroxylation is 2. The fraction of sp³-hybridized carbons (Fsp3) is 0.182. The molecule has 0 unspecified atom stereocenters. The summed E-state index contributed by atoms with van der Waals surface area (Å²) in [6, 6.07) is 5.78. The quantitative estimate of drug-likeness (QED) is 0.683. The first-order valence-electron chi connectivity index (χ1n) is 4.49. The van der Waals surface area contributed by atoms with E-state index in [0.29, 0.717) is 0 Å². The second-order valence-corrected chi connectivity index (χ2v) is 3.16. The molecule has 2 aromatic heterocycles. The predicted molar refractivity (Wildman–Crippen MR) is 54.7 cm³/mol. The topological polar surface area (TPSA) is 38.7 Å². The molecule has 2 rings (SSSR count). The van der Waals surface area contributed by atoms with Crippen molar-refractivity contribution in [1.29, 1.82) is 0 Å². The first kappa shape index (κ1) is 8.81. The highest BCUT2D eigenvalue weighted by molar-refractivity contribution is 5.57. The molecule has 14 heavy (non-hydrogen) atoms. The van der Waals surface area contributed by atoms with Gasteiger partial charge in [0.25, 0.3) is 0 Å². The van der Waals surface area contributed by atoms with E-state index in [4.69, 9.17) is 0 Å². The molecule has 0 atom stereocenters. The molecule has 0 saturated heterocycles. The van der Waals surface area contributed by atoms with Gasteiger partial charge in [0.1, 0.15) is 0 Å². The minimum atomic E-state index is 0.734. The second kappa shape index (κ2) is 3.54. The van der Waals surface area contributed by atoms with Crippen LogP contribution in [0.4, 0.5) is 0 Å². The second-order valence-electron chi connectivity index (χ2n) is 3.16. The van der Waals surface area contributed by atoms with Crippen LogP contribution in [0.15, 0.2) is 30.6 Å². The van der Waals surface area contributed by atoms with Crippen molar-refractivity contribution in [3.8, 4) is 11.4 Å². The molecule has 0 amide bonds. The third-order valence-corrected chi connectivity index (χ3v) is 2.03. The van der Waals surface area contributed by atoms with Gasteiger partial charge in [-0.05, 0) is 32.0 Å². The van der Waals surface area contributed by atoms with Crippen molar-refractivity contribution >= 4 is 0 Å². The van der Waals surface area contributed by atoms with Crippen LogP contribution in [0.5, 0.6) is 0 Å². The van der Waals surface area contributed by atoms with Gasteiger partial charge in [-0.15, -0.1) is 0 Å². The largest absolute Gasteiger partial charge is 0.258 e. The van der Waals surface area contributed by atoms with Gasteiger partial charge in [0.2, 0.25) is 0 Å². The van der Waals surface area contributed by atoms with Gasteiger partial charge in [-0.2, -0.15) is 0 Å². The average molecular weight is 185 g/mol. The molecule has 0 fully saturated rings. The van der Waals surface area contributed by atoms with E-state index in [-0.39, 0.29) is 0 Å². The molecule has 2 heterocycles. The van der Waals surface area contributed by atoms with Crippen LogP contribution in [-0.4, -0.2) is 15.0 Å². The Bertz CT molecular complexity index is 438. The van der Waals surface area contributed by atoms with E-state index in [1.165, 1.54) is 0 Å². The zero-order valence-electron chi connectivity index (χ0n) is 8.23. The third kappa shape index (κ3) is 1.62. The van der Waals surface area contributed by atoms with E-state index >= 15 is 0 Å². The lowest BCUT2D eigenvalue weighted by atomic mass is 10.2. The Morgan fingerprint density at radius 3 is 2.36 bits per heavy atom. The summed E-state index contributed by atoms with van der Waals surface area (Å²) in [7, 11) is 0. The zero-order chi connectivity index (χ0) is 9.97. The lowest BCUT2D eigenvalue weighted by Crippen LogP contribution is -1.93. The van der Waals surface area contributed by atoms with Crippen LogP contribution in [0.25, 0.3) is 11.4 Å². The van der Waals surface area contributed by atoms with Crippen molar-refractivity contribution < 1.29 is 0 Å². The Kier molecular flexibility index (Phi) is 2.23. The fourth-order valence-corrected chi connectivity index (χ4v) is 1.36. The van der Waals surface area contributed by atoms with Gasteiger partial charge in [-0.1, -0.05) is 0 Å². The normalized spacial score (nSPS) is 10.1. The Labute approximate surface area is 82.9 Å². The number of aromatic nitrogens is 3. The van der Waals surface area contributed by atoms with Gasteiger partial charge < -0.3 is 0 Å². The maximum atomic E-state index is 4.37. The fourth-order valence-electron chi connectivity index (χ4n) is 1.36. The summed E-state index contributed by atoms with van der Waals surface area (Å²) in [5.41, 5.74) is 2.98. The van der Waals surface area contributed by atoms with E-state index in [1.807, 2.05) is 26.0 Å². The van der Waals surface area contributed by atoms with Crippen LogP contribution in [-0.2, 0) is 0 Å². The highest BCUT2D eigenvalue weighted by Gasteiger charge is 2.04. The van der Waals surface area contributed by atoms with Gasteiger partial charge in [0.15, 0.2) is 5.82 Å². The summed E-state index contributed by atoms with van der Waals surface area (Å²) in [6.45, 7) is 3.95. The zero-order valence-corrected chi connectivity index (χ0v) is 8.23. The standard InChI is InChI=1S/C11H11N3/c1-8-4-5-10(9(2)14-8)11-12-6-3-7-13-11/h3-7H,1-2H3. The Morgan fingerprint density at radius 1 is 1.00 bits per heavy atom. The monoisotopic (exact) mass is 185 g/mol. The molecular weight excluding hydrogens is 174 g/mol. The molecule has 3 nitrogen and oxygen atoms in total. The van der Waals surface area contributed by atoms with Crippen LogP contribution in [0, 0.1) is 13.8 Å². The molecule has 0 aliphatic rings. The van der Waals surface area contributed by atoms with Gasteiger partial charge in [0, 0.05) is 29.3 Å². The van der Waals surface area contributed by atoms with Gasteiger partial charge in [-0.3, -0.25) is 4.98 Å². The van der Waals surface area contributed by atoms with Crippen molar-refractivity contribution in [3.05, 3.63) is 42.0 Å². The van der Waals surface area contributed by atoms with E-state index in [1.54, 1.807) is 18.5 Å². The van der Waals surface area contributed by atoms with Crippen molar-refractivity contribution in [1.82, 2.24) is 15.0 Å². The van der Waals surface area contributed by atoms with Crippen LogP contribution < -0.4 is 0 Å². The SMILES string of the molecule is Cc1ccc(-c2ncccn2)c(C)n1. The van der Waals surface area contributed by atoms with Crippen molar-refractivity contribution in [3.63, 3.8) is 0 Å². The summed E-state index contributed by atoms with van der Waals surface area (Å²) in [5.74, 6) is 0.734. The van der Waals surface area contributed by atoms with E-state index in [9.17, 15) is 0 Å². The van der Waals surface area contributed by atoms with Crippen molar-refractivity contribution in [2.45, 2.75) is 13.8 Å². The van der Waals surface area contributed by atoms with Crippen LogP contribution in [0.2, 0.25) is 0 Å². The molecular formula is C11H11N3. The molecule has 0 aromatic carbocycles. The number of hydrogen-bond donors (Lipinski definition) is 0. The third-order valence-electron chi connectivity index (χ3n) is 2.03. The summed E-state index contributed by atoms with van der Waals surface area (Å²) in [6.07, 6.45) is 3.48. The summed E-state index contributed by atoms with van der Waals surface area (Å²) in [4.78, 5) is 12.7. The summed E-state index contributed by atoms with van der Waals surface area (Å²) < 4.78 is 0. The van der Waals surface area contributed by atoms with Gasteiger partial charge in [-0.25, -0.2) is 9.97 Å². The minimum absolute atomic E-state index is 0.734. The number of pyridine rings is 1. The smallest absolute Gasteiger partial charge is 0.160 e. The Hall–Kier alpha value is -1.77. The molecule has 0 aliphatic carbocycles. The minimum Gasteiger partial charge on any atom is -0.258 e. The van der Waals surface area contributed by atoms with E-state index < -0.39 is 0 Å². The van der Waals surface area contributed by atoms with Crippen molar-refractivity contribution in [2.24, 2.45) is 0 Å². The number of nitrogens with zero attached hydrogens (tertiary/aromatic N) is 3. The highest BCUT2D eigenvalue weighted by Crippen LogP contribution is 2.17. The van der Waals surface area contributed by atoms with E-state index in [2.05, 4.69) is 15.0 Å². The van der Waals surface area contributed by atoms with Gasteiger partial charge >= 0.3 is 0 Å². The van der Waals surface area contributed by atoms with Gasteiger partial charge in [0.05, 0.1) is 0 Å². The number of rotatable bonds is 1. The average Bonchev–Trinajstić information content (AvgIpc) is 2.19. The lowest BCUT2D eigenvalue weighted by Gasteiger charge is -2.03. The molecule has 0 radical (unpaired) electrons. The molecule has 2 aromatic rings. The predicted octanol–water partition coefficient (Wildman–Crippen LogP) is 2.16. The molecule has 0 bridgehead atoms. The lowest BCUT2D eigenvalue weighted by molar-refractivity contribution is 1.09. The molecule has 3 heteroatoms.